The van der Waals surface area contributed by atoms with E-state index in [1.54, 1.807) is 0 Å². The highest BCUT2D eigenvalue weighted by Crippen LogP contribution is 2.13. The van der Waals surface area contributed by atoms with Gasteiger partial charge in [-0.05, 0) is 13.3 Å². The lowest BCUT2D eigenvalue weighted by Crippen LogP contribution is -2.48. The number of hydrogen-bond acceptors (Lipinski definition) is 4. The molecule has 88 valence electrons. The molecule has 0 aliphatic rings. The van der Waals surface area contributed by atoms with E-state index < -0.39 is 9.05 Å². The molecular weight excluding hydrogens is 204 g/mol. The normalized spacial score (nSPS) is 13.5. The summed E-state index contributed by atoms with van der Waals surface area (Å²) < 4.78 is 21.0. The first-order valence-corrected chi connectivity index (χ1v) is 6.10. The van der Waals surface area contributed by atoms with Crippen LogP contribution >= 0.6 is 0 Å². The maximum atomic E-state index is 5.60. The van der Waals surface area contributed by atoms with Crippen molar-refractivity contribution in [3.05, 3.63) is 0 Å². The van der Waals surface area contributed by atoms with Gasteiger partial charge in [0.25, 0.3) is 0 Å². The molecule has 1 unspecified atom stereocenters. The van der Waals surface area contributed by atoms with Gasteiger partial charge in [0.15, 0.2) is 0 Å². The van der Waals surface area contributed by atoms with E-state index >= 15 is 0 Å². The lowest BCUT2D eigenvalue weighted by Gasteiger charge is -2.26. The molecule has 0 rings (SSSR count). The zero-order chi connectivity index (χ0) is 10.3. The molecular formula is C8H22O5Si. The first kappa shape index (κ1) is 16.4. The minimum absolute atomic E-state index is 0. The van der Waals surface area contributed by atoms with Crippen molar-refractivity contribution in [3.8, 4) is 0 Å². The third kappa shape index (κ3) is 5.04. The van der Waals surface area contributed by atoms with Gasteiger partial charge in [-0.3, -0.25) is 0 Å². The van der Waals surface area contributed by atoms with Crippen LogP contribution in [0.25, 0.3) is 0 Å². The highest BCUT2D eigenvalue weighted by Gasteiger charge is 2.43. The van der Waals surface area contributed by atoms with Gasteiger partial charge in [0.2, 0.25) is 0 Å². The quantitative estimate of drug-likeness (QED) is 0.600. The van der Waals surface area contributed by atoms with Crippen molar-refractivity contribution in [2.75, 3.05) is 21.3 Å². The average molecular weight is 226 g/mol. The number of rotatable bonds is 7. The van der Waals surface area contributed by atoms with E-state index in [4.69, 9.17) is 17.7 Å². The summed E-state index contributed by atoms with van der Waals surface area (Å²) >= 11 is 0. The maximum Gasteiger partial charge on any atom is 0.679 e. The Bertz CT molecular complexity index is 121. The summed E-state index contributed by atoms with van der Waals surface area (Å²) in [4.78, 5) is 0. The second-order valence-electron chi connectivity index (χ2n) is 2.83. The van der Waals surface area contributed by atoms with Gasteiger partial charge in [0.1, 0.15) is 0 Å². The summed E-state index contributed by atoms with van der Waals surface area (Å²) in [5, 5.41) is 0. The molecule has 0 amide bonds. The Morgan fingerprint density at radius 2 is 1.50 bits per heavy atom. The summed E-state index contributed by atoms with van der Waals surface area (Å²) in [5.41, 5.74) is 0. The second-order valence-corrected chi connectivity index (χ2v) is 5.29. The van der Waals surface area contributed by atoms with Crippen LogP contribution in [0.5, 0.6) is 0 Å². The van der Waals surface area contributed by atoms with Crippen LogP contribution in [0.15, 0.2) is 0 Å². The van der Waals surface area contributed by atoms with E-state index in [1.807, 2.05) is 6.92 Å². The van der Waals surface area contributed by atoms with Gasteiger partial charge in [-0.25, -0.2) is 0 Å². The van der Waals surface area contributed by atoms with Crippen molar-refractivity contribution in [1.82, 2.24) is 0 Å². The van der Waals surface area contributed by atoms with Crippen LogP contribution in [-0.2, 0) is 17.7 Å². The third-order valence-corrected chi connectivity index (χ3v) is 3.98. The molecule has 0 aliphatic heterocycles. The van der Waals surface area contributed by atoms with Crippen LogP contribution in [0.1, 0.15) is 26.7 Å². The Balaban J connectivity index is 0. The molecule has 1 atom stereocenters. The Hall–Kier alpha value is 0.0169. The van der Waals surface area contributed by atoms with E-state index in [-0.39, 0.29) is 11.6 Å². The molecule has 0 heterocycles. The first-order valence-electron chi connectivity index (χ1n) is 4.47. The monoisotopic (exact) mass is 226 g/mol. The fourth-order valence-corrected chi connectivity index (χ4v) is 2.51. The van der Waals surface area contributed by atoms with E-state index in [0.717, 1.165) is 12.8 Å². The lowest BCUT2D eigenvalue weighted by atomic mass is 10.2. The molecule has 0 saturated carbocycles. The van der Waals surface area contributed by atoms with E-state index in [1.165, 1.54) is 21.3 Å². The zero-order valence-electron chi connectivity index (χ0n) is 9.62. The number of hydrogen-bond donors (Lipinski definition) is 0. The van der Waals surface area contributed by atoms with Crippen LogP contribution in [0, 0.1) is 0 Å². The van der Waals surface area contributed by atoms with Crippen molar-refractivity contribution < 1.29 is 23.2 Å². The SMILES string of the molecule is CCCC(C)O[Si](OC)(OC)OC.O. The standard InChI is InChI=1S/C8H20O4Si.H2O/c1-6-7-8(2)12-13(9-3,10-4)11-5;/h8H,6-7H2,1-5H3;1H2. The highest BCUT2D eigenvalue weighted by molar-refractivity contribution is 6.53. The highest BCUT2D eigenvalue weighted by atomic mass is 28.4. The van der Waals surface area contributed by atoms with E-state index in [2.05, 4.69) is 6.92 Å². The third-order valence-electron chi connectivity index (χ3n) is 1.79. The van der Waals surface area contributed by atoms with Gasteiger partial charge < -0.3 is 23.2 Å². The predicted molar refractivity (Wildman–Crippen MR) is 55.8 cm³/mol. The summed E-state index contributed by atoms with van der Waals surface area (Å²) in [6, 6.07) is 0. The van der Waals surface area contributed by atoms with Gasteiger partial charge in [-0.2, -0.15) is 0 Å². The molecule has 6 heteroatoms. The lowest BCUT2D eigenvalue weighted by molar-refractivity contribution is -0.0194. The second kappa shape index (κ2) is 8.34. The Labute approximate surface area is 87.1 Å². The molecule has 0 fully saturated rings. The van der Waals surface area contributed by atoms with E-state index in [0.29, 0.717) is 0 Å². The van der Waals surface area contributed by atoms with Crippen molar-refractivity contribution in [2.24, 2.45) is 0 Å². The molecule has 0 bridgehead atoms. The van der Waals surface area contributed by atoms with Crippen molar-refractivity contribution in [1.29, 1.82) is 0 Å². The molecule has 14 heavy (non-hydrogen) atoms. The predicted octanol–water partition coefficient (Wildman–Crippen LogP) is 0.742. The fraction of sp³-hybridized carbons (Fsp3) is 1.00. The average Bonchev–Trinajstić information content (AvgIpc) is 2.15. The summed E-state index contributed by atoms with van der Waals surface area (Å²) in [6.07, 6.45) is 2.16. The molecule has 0 saturated heterocycles. The largest absolute Gasteiger partial charge is 0.679 e. The Kier molecular flexibility index (Phi) is 9.79. The molecule has 0 spiro atoms. The minimum atomic E-state index is -2.82. The Morgan fingerprint density at radius 3 is 1.79 bits per heavy atom. The van der Waals surface area contributed by atoms with Crippen molar-refractivity contribution >= 4 is 9.05 Å². The summed E-state index contributed by atoms with van der Waals surface area (Å²) in [5.74, 6) is 0. The van der Waals surface area contributed by atoms with Gasteiger partial charge in [0, 0.05) is 27.4 Å². The van der Waals surface area contributed by atoms with E-state index in [9.17, 15) is 0 Å². The summed E-state index contributed by atoms with van der Waals surface area (Å²) in [7, 11) is 1.80. The Morgan fingerprint density at radius 1 is 1.07 bits per heavy atom. The maximum absolute atomic E-state index is 5.60. The summed E-state index contributed by atoms with van der Waals surface area (Å²) in [6.45, 7) is 4.10. The molecule has 0 aromatic heterocycles. The molecule has 0 radical (unpaired) electrons. The topological polar surface area (TPSA) is 68.4 Å². The van der Waals surface area contributed by atoms with Crippen molar-refractivity contribution in [2.45, 2.75) is 32.8 Å². The minimum Gasteiger partial charge on any atom is -0.412 e. The zero-order valence-corrected chi connectivity index (χ0v) is 10.6. The van der Waals surface area contributed by atoms with Crippen LogP contribution in [0.4, 0.5) is 0 Å². The van der Waals surface area contributed by atoms with Gasteiger partial charge in [-0.1, -0.05) is 13.3 Å². The molecule has 0 aromatic rings. The fourth-order valence-electron chi connectivity index (χ4n) is 1.11. The van der Waals surface area contributed by atoms with Gasteiger partial charge in [0.05, 0.1) is 0 Å². The van der Waals surface area contributed by atoms with Gasteiger partial charge in [-0.15, -0.1) is 0 Å². The van der Waals surface area contributed by atoms with Crippen LogP contribution < -0.4 is 0 Å². The van der Waals surface area contributed by atoms with Crippen molar-refractivity contribution in [3.63, 3.8) is 0 Å². The first-order chi connectivity index (χ1) is 6.14. The van der Waals surface area contributed by atoms with Crippen LogP contribution in [0.3, 0.4) is 0 Å². The van der Waals surface area contributed by atoms with Crippen LogP contribution in [-0.4, -0.2) is 42.0 Å². The smallest absolute Gasteiger partial charge is 0.412 e. The molecule has 0 aromatic carbocycles. The molecule has 5 nitrogen and oxygen atoms in total. The molecule has 0 aliphatic carbocycles. The van der Waals surface area contributed by atoms with Crippen LogP contribution in [0.2, 0.25) is 0 Å². The van der Waals surface area contributed by atoms with Gasteiger partial charge >= 0.3 is 9.05 Å². The molecule has 2 N–H and O–H groups in total.